The van der Waals surface area contributed by atoms with Crippen molar-refractivity contribution in [1.82, 2.24) is 4.72 Å². The Balaban J connectivity index is 2.08. The highest BCUT2D eigenvalue weighted by Crippen LogP contribution is 2.19. The van der Waals surface area contributed by atoms with E-state index in [0.29, 0.717) is 17.3 Å². The number of nitrogens with two attached hydrogens (primary N) is 1. The molecule has 0 aliphatic heterocycles. The van der Waals surface area contributed by atoms with Crippen LogP contribution in [-0.4, -0.2) is 8.42 Å². The highest BCUT2D eigenvalue weighted by molar-refractivity contribution is 7.91. The number of rotatable bonds is 5. The second-order valence-corrected chi connectivity index (χ2v) is 6.69. The normalized spacial score (nSPS) is 11.6. The molecular formula is C12H14N2O2S2. The van der Waals surface area contributed by atoms with Crippen molar-refractivity contribution in [3.8, 4) is 0 Å². The lowest BCUT2D eigenvalue weighted by Gasteiger charge is -2.04. The Morgan fingerprint density at radius 3 is 2.50 bits per heavy atom. The van der Waals surface area contributed by atoms with Crippen LogP contribution in [0.3, 0.4) is 0 Å². The van der Waals surface area contributed by atoms with Gasteiger partial charge in [0.2, 0.25) is 10.0 Å². The van der Waals surface area contributed by atoms with Gasteiger partial charge in [0, 0.05) is 13.1 Å². The van der Waals surface area contributed by atoms with Gasteiger partial charge in [0.1, 0.15) is 4.21 Å². The van der Waals surface area contributed by atoms with Crippen LogP contribution in [0.4, 0.5) is 0 Å². The minimum Gasteiger partial charge on any atom is -0.326 e. The molecule has 0 aliphatic carbocycles. The molecule has 0 bridgehead atoms. The summed E-state index contributed by atoms with van der Waals surface area (Å²) in [4.78, 5) is 0. The van der Waals surface area contributed by atoms with E-state index in [1.165, 1.54) is 11.3 Å². The molecule has 0 fully saturated rings. The number of sulfonamides is 1. The monoisotopic (exact) mass is 282 g/mol. The average Bonchev–Trinajstić information content (AvgIpc) is 2.87. The Morgan fingerprint density at radius 2 is 1.89 bits per heavy atom. The molecule has 1 aromatic carbocycles. The Labute approximate surface area is 111 Å². The van der Waals surface area contributed by atoms with Gasteiger partial charge in [0.05, 0.1) is 0 Å². The zero-order chi connectivity index (χ0) is 13.0. The van der Waals surface area contributed by atoms with Gasteiger partial charge in [-0.25, -0.2) is 13.1 Å². The second-order valence-electron chi connectivity index (χ2n) is 3.79. The first-order chi connectivity index (χ1) is 8.62. The van der Waals surface area contributed by atoms with Crippen LogP contribution in [-0.2, 0) is 23.1 Å². The molecule has 2 aromatic rings. The Kier molecular flexibility index (Phi) is 4.13. The molecule has 3 N–H and O–H groups in total. The van der Waals surface area contributed by atoms with Crippen molar-refractivity contribution in [3.63, 3.8) is 0 Å². The maximum atomic E-state index is 12.0. The number of nitrogens with one attached hydrogen (secondary N) is 1. The molecule has 0 radical (unpaired) electrons. The molecule has 0 unspecified atom stereocenters. The SMILES string of the molecule is NCc1csc(S(=O)(=O)NCc2ccccc2)c1. The summed E-state index contributed by atoms with van der Waals surface area (Å²) in [6.07, 6.45) is 0. The van der Waals surface area contributed by atoms with Gasteiger partial charge >= 0.3 is 0 Å². The number of hydrogen-bond acceptors (Lipinski definition) is 4. The summed E-state index contributed by atoms with van der Waals surface area (Å²) in [5, 5.41) is 1.76. The van der Waals surface area contributed by atoms with E-state index in [-0.39, 0.29) is 0 Å². The fourth-order valence-electron chi connectivity index (χ4n) is 1.45. The molecule has 0 saturated carbocycles. The number of hydrogen-bond donors (Lipinski definition) is 2. The van der Waals surface area contributed by atoms with E-state index in [2.05, 4.69) is 4.72 Å². The third-order valence-electron chi connectivity index (χ3n) is 2.44. The minimum absolute atomic E-state index is 0.291. The molecule has 0 spiro atoms. The third-order valence-corrected chi connectivity index (χ3v) is 5.33. The van der Waals surface area contributed by atoms with Gasteiger partial charge in [-0.05, 0) is 22.6 Å². The lowest BCUT2D eigenvalue weighted by atomic mass is 10.2. The number of thiophene rings is 1. The summed E-state index contributed by atoms with van der Waals surface area (Å²) in [7, 11) is -3.43. The predicted octanol–water partition coefficient (Wildman–Crippen LogP) is 1.69. The zero-order valence-electron chi connectivity index (χ0n) is 9.67. The molecule has 4 nitrogen and oxygen atoms in total. The predicted molar refractivity (Wildman–Crippen MR) is 72.7 cm³/mol. The molecule has 0 atom stereocenters. The summed E-state index contributed by atoms with van der Waals surface area (Å²) in [6.45, 7) is 0.643. The Hall–Kier alpha value is -1.21. The molecule has 6 heteroatoms. The Morgan fingerprint density at radius 1 is 1.17 bits per heavy atom. The summed E-state index contributed by atoms with van der Waals surface area (Å²) >= 11 is 1.19. The topological polar surface area (TPSA) is 72.2 Å². The van der Waals surface area contributed by atoms with Crippen LogP contribution < -0.4 is 10.5 Å². The summed E-state index contributed by atoms with van der Waals surface area (Å²) in [5.41, 5.74) is 7.22. The summed E-state index contributed by atoms with van der Waals surface area (Å²) in [6, 6.07) is 11.0. The van der Waals surface area contributed by atoms with Gasteiger partial charge in [0.25, 0.3) is 0 Å². The average molecular weight is 282 g/mol. The van der Waals surface area contributed by atoms with Crippen molar-refractivity contribution >= 4 is 21.4 Å². The van der Waals surface area contributed by atoms with Crippen molar-refractivity contribution < 1.29 is 8.42 Å². The summed E-state index contributed by atoms with van der Waals surface area (Å²) < 4.78 is 26.9. The van der Waals surface area contributed by atoms with Crippen molar-refractivity contribution in [2.75, 3.05) is 0 Å². The fourth-order valence-corrected chi connectivity index (χ4v) is 3.73. The van der Waals surface area contributed by atoms with Crippen molar-refractivity contribution in [2.24, 2.45) is 5.73 Å². The van der Waals surface area contributed by atoms with E-state index in [4.69, 9.17) is 5.73 Å². The Bertz CT molecular complexity index is 606. The maximum absolute atomic E-state index is 12.0. The molecule has 96 valence electrons. The van der Waals surface area contributed by atoms with E-state index >= 15 is 0 Å². The van der Waals surface area contributed by atoms with Crippen molar-refractivity contribution in [1.29, 1.82) is 0 Å². The minimum atomic E-state index is -3.43. The molecule has 2 rings (SSSR count). The van der Waals surface area contributed by atoms with Crippen LogP contribution in [0.25, 0.3) is 0 Å². The highest BCUT2D eigenvalue weighted by atomic mass is 32.2. The molecule has 18 heavy (non-hydrogen) atoms. The molecule has 1 aromatic heterocycles. The van der Waals surface area contributed by atoms with E-state index in [1.807, 2.05) is 30.3 Å². The van der Waals surface area contributed by atoms with Gasteiger partial charge in [0.15, 0.2) is 0 Å². The molecular weight excluding hydrogens is 268 g/mol. The van der Waals surface area contributed by atoms with Crippen LogP contribution in [0.15, 0.2) is 46.0 Å². The van der Waals surface area contributed by atoms with Gasteiger partial charge in [-0.1, -0.05) is 30.3 Å². The van der Waals surface area contributed by atoms with E-state index in [9.17, 15) is 8.42 Å². The molecule has 1 heterocycles. The second kappa shape index (κ2) is 5.62. The van der Waals surface area contributed by atoms with E-state index in [0.717, 1.165) is 11.1 Å². The van der Waals surface area contributed by atoms with Crippen molar-refractivity contribution in [3.05, 3.63) is 52.9 Å². The lowest BCUT2D eigenvalue weighted by Crippen LogP contribution is -2.22. The zero-order valence-corrected chi connectivity index (χ0v) is 11.3. The van der Waals surface area contributed by atoms with Crippen LogP contribution in [0.2, 0.25) is 0 Å². The quantitative estimate of drug-likeness (QED) is 0.876. The van der Waals surface area contributed by atoms with Gasteiger partial charge < -0.3 is 5.73 Å². The standard InChI is InChI=1S/C12H14N2O2S2/c13-7-11-6-12(17-9-11)18(15,16)14-8-10-4-2-1-3-5-10/h1-6,9,14H,7-8,13H2. The first kappa shape index (κ1) is 13.2. The first-order valence-corrected chi connectivity index (χ1v) is 7.79. The van der Waals surface area contributed by atoms with Crippen molar-refractivity contribution in [2.45, 2.75) is 17.3 Å². The van der Waals surface area contributed by atoms with Crippen LogP contribution in [0.5, 0.6) is 0 Å². The van der Waals surface area contributed by atoms with Crippen LogP contribution >= 0.6 is 11.3 Å². The van der Waals surface area contributed by atoms with Gasteiger partial charge in [-0.15, -0.1) is 11.3 Å². The largest absolute Gasteiger partial charge is 0.326 e. The lowest BCUT2D eigenvalue weighted by molar-refractivity contribution is 0.583. The fraction of sp³-hybridized carbons (Fsp3) is 0.167. The number of benzene rings is 1. The van der Waals surface area contributed by atoms with Crippen LogP contribution in [0.1, 0.15) is 11.1 Å². The van der Waals surface area contributed by atoms with Gasteiger partial charge in [-0.2, -0.15) is 0 Å². The molecule has 0 aliphatic rings. The molecule has 0 amide bonds. The highest BCUT2D eigenvalue weighted by Gasteiger charge is 2.15. The summed E-state index contributed by atoms with van der Waals surface area (Å²) in [5.74, 6) is 0. The molecule has 0 saturated heterocycles. The maximum Gasteiger partial charge on any atom is 0.250 e. The first-order valence-electron chi connectivity index (χ1n) is 5.43. The smallest absolute Gasteiger partial charge is 0.250 e. The third kappa shape index (κ3) is 3.17. The van der Waals surface area contributed by atoms with Crippen LogP contribution in [0, 0.1) is 0 Å². The van der Waals surface area contributed by atoms with Gasteiger partial charge in [-0.3, -0.25) is 0 Å². The van der Waals surface area contributed by atoms with E-state index < -0.39 is 10.0 Å². The van der Waals surface area contributed by atoms with E-state index in [1.54, 1.807) is 11.4 Å².